The fourth-order valence-corrected chi connectivity index (χ4v) is 3.55. The van der Waals surface area contributed by atoms with E-state index in [0.717, 1.165) is 34.1 Å². The van der Waals surface area contributed by atoms with Crippen LogP contribution in [0.15, 0.2) is 22.9 Å². The number of nitrogens with one attached hydrogen (secondary N) is 1. The zero-order valence-corrected chi connectivity index (χ0v) is 17.1. The van der Waals surface area contributed by atoms with E-state index in [2.05, 4.69) is 48.2 Å². The normalized spacial score (nSPS) is 12.4. The van der Waals surface area contributed by atoms with Gasteiger partial charge in [-0.3, -0.25) is 9.67 Å². The molecule has 0 aliphatic rings. The molecular weight excluding hydrogens is 410 g/mol. The Bertz CT molecular complexity index is 921. The van der Waals surface area contributed by atoms with Crippen molar-refractivity contribution in [2.45, 2.75) is 45.7 Å². The smallest absolute Gasteiger partial charge is 0.222 e. The Hall–Kier alpha value is -2.26. The fourth-order valence-electron chi connectivity index (χ4n) is 3.10. The Kier molecular flexibility index (Phi) is 6.22. The van der Waals surface area contributed by atoms with Gasteiger partial charge in [0.1, 0.15) is 11.0 Å². The van der Waals surface area contributed by atoms with E-state index in [1.54, 1.807) is 12.4 Å². The van der Waals surface area contributed by atoms with Crippen molar-refractivity contribution < 1.29 is 5.11 Å². The number of aliphatic hydroxyl groups is 1. The van der Waals surface area contributed by atoms with E-state index in [4.69, 9.17) is 5.73 Å². The maximum atomic E-state index is 9.34. The number of nitrogens with two attached hydrogens (primary N) is 1. The zero-order chi connectivity index (χ0) is 19.4. The van der Waals surface area contributed by atoms with Gasteiger partial charge in [0.15, 0.2) is 5.82 Å². The number of nitrogen functional groups attached to an aromatic ring is 1. The Morgan fingerprint density at radius 2 is 2.11 bits per heavy atom. The lowest BCUT2D eigenvalue weighted by atomic mass is 10.1. The molecule has 3 rings (SSSR count). The van der Waals surface area contributed by atoms with Crippen molar-refractivity contribution in [3.05, 3.63) is 34.2 Å². The van der Waals surface area contributed by atoms with Crippen LogP contribution >= 0.6 is 15.9 Å². The van der Waals surface area contributed by atoms with Crippen molar-refractivity contribution in [2.75, 3.05) is 17.7 Å². The van der Waals surface area contributed by atoms with Crippen LogP contribution in [0.25, 0.3) is 11.0 Å². The van der Waals surface area contributed by atoms with E-state index in [0.29, 0.717) is 24.3 Å². The Morgan fingerprint density at radius 3 is 2.81 bits per heavy atom. The summed E-state index contributed by atoms with van der Waals surface area (Å²) in [7, 11) is 0. The first-order valence-electron chi connectivity index (χ1n) is 8.99. The average Bonchev–Trinajstić information content (AvgIpc) is 3.00. The molecule has 1 unspecified atom stereocenters. The first kappa shape index (κ1) is 19.5. The first-order chi connectivity index (χ1) is 13.0. The van der Waals surface area contributed by atoms with Gasteiger partial charge in [-0.2, -0.15) is 10.1 Å². The molecule has 0 saturated carbocycles. The molecule has 27 heavy (non-hydrogen) atoms. The van der Waals surface area contributed by atoms with Crippen LogP contribution in [-0.4, -0.2) is 42.5 Å². The maximum absolute atomic E-state index is 9.34. The van der Waals surface area contributed by atoms with E-state index in [-0.39, 0.29) is 18.6 Å². The summed E-state index contributed by atoms with van der Waals surface area (Å²) in [5.41, 5.74) is 9.34. The molecule has 0 spiro atoms. The van der Waals surface area contributed by atoms with Crippen LogP contribution in [-0.2, 0) is 6.54 Å². The number of hydrogen-bond acceptors (Lipinski definition) is 7. The van der Waals surface area contributed by atoms with Gasteiger partial charge < -0.3 is 16.2 Å². The fraction of sp³-hybridized carbons (Fsp3) is 0.444. The van der Waals surface area contributed by atoms with Gasteiger partial charge >= 0.3 is 0 Å². The SMILES string of the molecule is CCCC(CCO)Nc1nc(N)nc2cnn(Cc3ncc(Br)cc3C)c12. The van der Waals surface area contributed by atoms with Crippen LogP contribution in [0.3, 0.4) is 0 Å². The lowest BCUT2D eigenvalue weighted by molar-refractivity contribution is 0.276. The van der Waals surface area contributed by atoms with Crippen LogP contribution in [0.5, 0.6) is 0 Å². The van der Waals surface area contributed by atoms with Crippen molar-refractivity contribution >= 4 is 38.7 Å². The second kappa shape index (κ2) is 8.62. The largest absolute Gasteiger partial charge is 0.396 e. The van der Waals surface area contributed by atoms with Crippen molar-refractivity contribution in [3.63, 3.8) is 0 Å². The molecule has 0 fully saturated rings. The number of aromatic nitrogens is 5. The number of anilines is 2. The molecule has 144 valence electrons. The molecule has 3 heterocycles. The van der Waals surface area contributed by atoms with Crippen molar-refractivity contribution in [2.24, 2.45) is 0 Å². The van der Waals surface area contributed by atoms with E-state index < -0.39 is 0 Å². The number of rotatable bonds is 8. The average molecular weight is 434 g/mol. The number of aryl methyl sites for hydroxylation is 1. The maximum Gasteiger partial charge on any atom is 0.222 e. The molecule has 1 atom stereocenters. The summed E-state index contributed by atoms with van der Waals surface area (Å²) in [6.07, 6.45) is 6.03. The topological polar surface area (TPSA) is 115 Å². The molecule has 3 aromatic rings. The molecule has 0 aromatic carbocycles. The molecule has 4 N–H and O–H groups in total. The monoisotopic (exact) mass is 433 g/mol. The van der Waals surface area contributed by atoms with Gasteiger partial charge in [-0.25, -0.2) is 4.98 Å². The quantitative estimate of drug-likeness (QED) is 0.499. The van der Waals surface area contributed by atoms with Crippen LogP contribution in [0.4, 0.5) is 11.8 Å². The van der Waals surface area contributed by atoms with Gasteiger partial charge in [0.2, 0.25) is 5.95 Å². The lowest BCUT2D eigenvalue weighted by Gasteiger charge is -2.19. The van der Waals surface area contributed by atoms with Crippen LogP contribution in [0.2, 0.25) is 0 Å². The molecule has 0 aliphatic heterocycles. The lowest BCUT2D eigenvalue weighted by Crippen LogP contribution is -2.22. The molecule has 0 bridgehead atoms. The third-order valence-electron chi connectivity index (χ3n) is 4.41. The summed E-state index contributed by atoms with van der Waals surface area (Å²) in [5.74, 6) is 0.832. The van der Waals surface area contributed by atoms with Crippen LogP contribution in [0, 0.1) is 6.92 Å². The van der Waals surface area contributed by atoms with Gasteiger partial charge in [-0.15, -0.1) is 0 Å². The van der Waals surface area contributed by atoms with Crippen molar-refractivity contribution in [1.82, 2.24) is 24.7 Å². The number of pyridine rings is 1. The minimum absolute atomic E-state index is 0.105. The highest BCUT2D eigenvalue weighted by molar-refractivity contribution is 9.10. The predicted octanol–water partition coefficient (Wildman–Crippen LogP) is 2.89. The Labute approximate surface area is 166 Å². The van der Waals surface area contributed by atoms with Gasteiger partial charge in [-0.05, 0) is 47.3 Å². The summed E-state index contributed by atoms with van der Waals surface area (Å²) in [6.45, 7) is 4.75. The molecule has 0 radical (unpaired) electrons. The van der Waals surface area contributed by atoms with Gasteiger partial charge in [-0.1, -0.05) is 13.3 Å². The van der Waals surface area contributed by atoms with E-state index >= 15 is 0 Å². The minimum Gasteiger partial charge on any atom is -0.396 e. The Morgan fingerprint density at radius 1 is 1.30 bits per heavy atom. The summed E-state index contributed by atoms with van der Waals surface area (Å²) < 4.78 is 2.78. The molecular formula is C18H24BrN7O. The highest BCUT2D eigenvalue weighted by Gasteiger charge is 2.17. The minimum atomic E-state index is 0.105. The Balaban J connectivity index is 1.99. The van der Waals surface area contributed by atoms with Crippen molar-refractivity contribution in [1.29, 1.82) is 0 Å². The van der Waals surface area contributed by atoms with E-state index in [1.165, 1.54) is 0 Å². The molecule has 9 heteroatoms. The highest BCUT2D eigenvalue weighted by atomic mass is 79.9. The van der Waals surface area contributed by atoms with E-state index in [9.17, 15) is 5.11 Å². The van der Waals surface area contributed by atoms with Gasteiger partial charge in [0.05, 0.1) is 18.4 Å². The van der Waals surface area contributed by atoms with E-state index in [1.807, 2.05) is 17.7 Å². The van der Waals surface area contributed by atoms with Crippen LogP contribution < -0.4 is 11.1 Å². The van der Waals surface area contributed by atoms with Gasteiger partial charge in [0.25, 0.3) is 0 Å². The molecule has 0 amide bonds. The third-order valence-corrected chi connectivity index (χ3v) is 4.85. The third kappa shape index (κ3) is 4.54. The number of nitrogens with zero attached hydrogens (tertiary/aromatic N) is 5. The van der Waals surface area contributed by atoms with Crippen molar-refractivity contribution in [3.8, 4) is 0 Å². The van der Waals surface area contributed by atoms with Gasteiger partial charge in [0, 0.05) is 23.3 Å². The summed E-state index contributed by atoms with van der Waals surface area (Å²) >= 11 is 3.44. The first-order valence-corrected chi connectivity index (χ1v) is 9.78. The summed E-state index contributed by atoms with van der Waals surface area (Å²) in [4.78, 5) is 13.2. The number of halogens is 1. The second-order valence-electron chi connectivity index (χ2n) is 6.53. The standard InChI is InChI=1S/C18H24BrN7O/c1-3-4-13(5-6-27)23-17-16-14(24-18(20)25-17)9-22-26(16)10-15-11(2)7-12(19)8-21-15/h7-9,13,27H,3-6,10H2,1-2H3,(H3,20,23,24,25). The predicted molar refractivity (Wildman–Crippen MR) is 110 cm³/mol. The second-order valence-corrected chi connectivity index (χ2v) is 7.44. The number of hydrogen-bond donors (Lipinski definition) is 3. The molecule has 0 saturated heterocycles. The molecule has 8 nitrogen and oxygen atoms in total. The molecule has 3 aromatic heterocycles. The number of aliphatic hydroxyl groups excluding tert-OH is 1. The summed E-state index contributed by atoms with van der Waals surface area (Å²) in [5, 5.41) is 17.2. The zero-order valence-electron chi connectivity index (χ0n) is 15.5. The summed E-state index contributed by atoms with van der Waals surface area (Å²) in [6, 6.07) is 2.13. The van der Waals surface area contributed by atoms with Crippen LogP contribution in [0.1, 0.15) is 37.4 Å². The molecule has 0 aliphatic carbocycles. The highest BCUT2D eigenvalue weighted by Crippen LogP contribution is 2.24. The number of fused-ring (bicyclic) bond motifs is 1.